The summed E-state index contributed by atoms with van der Waals surface area (Å²) >= 11 is 6.40. The van der Waals surface area contributed by atoms with Gasteiger partial charge in [-0.05, 0) is 85.4 Å². The van der Waals surface area contributed by atoms with E-state index in [-0.39, 0.29) is 29.4 Å². The first-order valence-electron chi connectivity index (χ1n) is 16.3. The van der Waals surface area contributed by atoms with E-state index in [1.54, 1.807) is 37.4 Å². The first-order valence-corrected chi connectivity index (χ1v) is 16.6. The van der Waals surface area contributed by atoms with Gasteiger partial charge in [0.15, 0.2) is 5.60 Å². The van der Waals surface area contributed by atoms with Crippen molar-refractivity contribution in [1.82, 2.24) is 4.90 Å². The molecule has 9 heteroatoms. The number of amides is 1. The fourth-order valence-corrected chi connectivity index (χ4v) is 6.94. The fourth-order valence-electron chi connectivity index (χ4n) is 6.75. The molecule has 1 fully saturated rings. The van der Waals surface area contributed by atoms with Gasteiger partial charge in [-0.15, -0.1) is 13.2 Å². The summed E-state index contributed by atoms with van der Waals surface area (Å²) < 4.78 is 11.5. The summed E-state index contributed by atoms with van der Waals surface area (Å²) in [4.78, 5) is 30.3. The number of esters is 1. The molecule has 0 saturated heterocycles. The number of benzene rings is 2. The van der Waals surface area contributed by atoms with E-state index in [4.69, 9.17) is 21.1 Å². The van der Waals surface area contributed by atoms with Crippen molar-refractivity contribution in [3.05, 3.63) is 83.4 Å². The molecule has 0 aromatic heterocycles. The van der Waals surface area contributed by atoms with Gasteiger partial charge in [-0.1, -0.05) is 49.2 Å². The second-order valence-corrected chi connectivity index (χ2v) is 13.3. The zero-order valence-electron chi connectivity index (χ0n) is 27.6. The number of carbonyl (C=O) groups is 2. The van der Waals surface area contributed by atoms with Gasteiger partial charge < -0.3 is 29.5 Å². The highest BCUT2D eigenvalue weighted by atomic mass is 35.5. The van der Waals surface area contributed by atoms with Gasteiger partial charge in [-0.2, -0.15) is 0 Å². The maximum absolute atomic E-state index is 13.4. The molecule has 46 heavy (non-hydrogen) atoms. The van der Waals surface area contributed by atoms with Crippen molar-refractivity contribution in [3.8, 4) is 5.75 Å². The monoisotopic (exact) mass is 652 g/mol. The molecule has 2 aliphatic rings. The lowest BCUT2D eigenvalue weighted by Gasteiger charge is -2.42. The van der Waals surface area contributed by atoms with Crippen LogP contribution >= 0.6 is 11.6 Å². The summed E-state index contributed by atoms with van der Waals surface area (Å²) in [5, 5.41) is 23.2. The van der Waals surface area contributed by atoms with Crippen LogP contribution in [0.4, 0.5) is 5.69 Å². The van der Waals surface area contributed by atoms with E-state index < -0.39 is 30.0 Å². The third kappa shape index (κ3) is 7.62. The number of methoxy groups -OCH3 is 1. The summed E-state index contributed by atoms with van der Waals surface area (Å²) in [5.74, 6) is -0.373. The Morgan fingerprint density at radius 3 is 2.63 bits per heavy atom. The average Bonchev–Trinajstić information content (AvgIpc) is 3.21. The lowest BCUT2D eigenvalue weighted by molar-refractivity contribution is -0.168. The van der Waals surface area contributed by atoms with Gasteiger partial charge in [-0.25, -0.2) is 4.79 Å². The molecule has 0 bridgehead atoms. The Labute approximate surface area is 278 Å². The minimum absolute atomic E-state index is 0.0126. The number of anilines is 1. The molecular weight excluding hydrogens is 604 g/mol. The van der Waals surface area contributed by atoms with Crippen LogP contribution in [0.3, 0.4) is 0 Å². The van der Waals surface area contributed by atoms with Crippen molar-refractivity contribution < 1.29 is 29.3 Å². The fraction of sp³-hybridized carbons (Fsp3) is 0.514. The molecule has 2 aromatic rings. The van der Waals surface area contributed by atoms with Crippen LogP contribution in [-0.4, -0.2) is 73.0 Å². The molecule has 1 heterocycles. The number of rotatable bonds is 14. The number of hydrogen-bond acceptors (Lipinski definition) is 7. The Kier molecular flexibility index (Phi) is 12.0. The van der Waals surface area contributed by atoms with Crippen LogP contribution in [0.1, 0.15) is 68.6 Å². The zero-order chi connectivity index (χ0) is 33.6. The molecule has 5 unspecified atom stereocenters. The van der Waals surface area contributed by atoms with Crippen LogP contribution in [0.2, 0.25) is 5.02 Å². The van der Waals surface area contributed by atoms with Crippen molar-refractivity contribution in [1.29, 1.82) is 0 Å². The zero-order valence-corrected chi connectivity index (χ0v) is 28.3. The predicted molar refractivity (Wildman–Crippen MR) is 182 cm³/mol. The van der Waals surface area contributed by atoms with Crippen molar-refractivity contribution in [2.45, 2.75) is 76.0 Å². The molecule has 8 nitrogen and oxygen atoms in total. The molecule has 1 saturated carbocycles. The molecule has 2 N–H and O–H groups in total. The van der Waals surface area contributed by atoms with E-state index >= 15 is 0 Å². The molecule has 0 radical (unpaired) electrons. The number of aliphatic hydroxyl groups is 2. The van der Waals surface area contributed by atoms with Crippen LogP contribution in [0.5, 0.6) is 5.75 Å². The molecule has 1 aliphatic carbocycles. The van der Waals surface area contributed by atoms with E-state index in [9.17, 15) is 19.8 Å². The predicted octanol–water partition coefficient (Wildman–Crippen LogP) is 6.02. The standard InChI is InChI=1S/C37H49ClN2O6/c1-7-10-24(4)39(5)35(42)20-37(44,36(43)45-6)28-13-17-34-32(19-28)40(21-26-12-15-31(26)33(41)9-3)22-27(23-46-34)30-16-14-29(38)18-25(30)11-8-2/h7,9,13-14,16-19,24,26-27,31,33,41,44H,1,3,8,10-12,15,20-23H2,2,4-6H3/t24?,26?,27?,31?,33?,37-/m0/s1. The van der Waals surface area contributed by atoms with Crippen LogP contribution in [-0.2, 0) is 26.3 Å². The molecule has 6 atom stereocenters. The molecule has 0 spiro atoms. The largest absolute Gasteiger partial charge is 0.491 e. The number of hydrogen-bond donors (Lipinski definition) is 2. The summed E-state index contributed by atoms with van der Waals surface area (Å²) in [7, 11) is 2.85. The van der Waals surface area contributed by atoms with Gasteiger partial charge >= 0.3 is 5.97 Å². The summed E-state index contributed by atoms with van der Waals surface area (Å²) in [6, 6.07) is 11.0. The van der Waals surface area contributed by atoms with E-state index in [2.05, 4.69) is 31.0 Å². The molecule has 2 aromatic carbocycles. The van der Waals surface area contributed by atoms with Gasteiger partial charge in [0, 0.05) is 37.1 Å². The Balaban J connectivity index is 1.75. The van der Waals surface area contributed by atoms with E-state index in [0.29, 0.717) is 42.6 Å². The number of carbonyl (C=O) groups excluding carboxylic acids is 2. The number of aryl methyl sites for hydroxylation is 1. The second kappa shape index (κ2) is 15.5. The number of fused-ring (bicyclic) bond motifs is 1. The molecule has 1 aliphatic heterocycles. The van der Waals surface area contributed by atoms with Crippen LogP contribution in [0.25, 0.3) is 0 Å². The minimum atomic E-state index is -2.22. The van der Waals surface area contributed by atoms with E-state index in [1.165, 1.54) is 23.1 Å². The topological polar surface area (TPSA) is 99.5 Å². The summed E-state index contributed by atoms with van der Waals surface area (Å²) in [6.45, 7) is 13.3. The van der Waals surface area contributed by atoms with Crippen molar-refractivity contribution >= 4 is 29.2 Å². The Morgan fingerprint density at radius 2 is 2.00 bits per heavy atom. The van der Waals surface area contributed by atoms with Crippen LogP contribution in [0, 0.1) is 11.8 Å². The average molecular weight is 653 g/mol. The minimum Gasteiger partial charge on any atom is -0.491 e. The Hall–Kier alpha value is -3.33. The van der Waals surface area contributed by atoms with Gasteiger partial charge in [0.1, 0.15) is 5.75 Å². The molecular formula is C37H49ClN2O6. The number of nitrogens with zero attached hydrogens (tertiary/aromatic N) is 2. The first-order chi connectivity index (χ1) is 22.0. The Morgan fingerprint density at radius 1 is 1.24 bits per heavy atom. The third-order valence-electron chi connectivity index (χ3n) is 9.83. The van der Waals surface area contributed by atoms with E-state index in [0.717, 1.165) is 25.7 Å². The lowest BCUT2D eigenvalue weighted by atomic mass is 9.70. The molecule has 1 amide bonds. The second-order valence-electron chi connectivity index (χ2n) is 12.8. The highest BCUT2D eigenvalue weighted by Gasteiger charge is 2.44. The highest BCUT2D eigenvalue weighted by molar-refractivity contribution is 6.30. The molecule has 250 valence electrons. The first kappa shape index (κ1) is 35.5. The summed E-state index contributed by atoms with van der Waals surface area (Å²) in [5.41, 5.74) is 1.11. The SMILES string of the molecule is C=CCC(C)N(C)C(=O)C[C@@](O)(C(=O)OC)c1ccc2c(c1)N(CC1CCC1C(O)C=C)CC(c1ccc(Cl)cc1CCC)CO2. The van der Waals surface area contributed by atoms with Gasteiger partial charge in [0.2, 0.25) is 5.91 Å². The maximum atomic E-state index is 13.4. The lowest BCUT2D eigenvalue weighted by Crippen LogP contribution is -2.45. The third-order valence-corrected chi connectivity index (χ3v) is 10.1. The van der Waals surface area contributed by atoms with Crippen LogP contribution in [0.15, 0.2) is 61.7 Å². The van der Waals surface area contributed by atoms with Crippen LogP contribution < -0.4 is 9.64 Å². The van der Waals surface area contributed by atoms with Crippen molar-refractivity contribution in [2.24, 2.45) is 11.8 Å². The quantitative estimate of drug-likeness (QED) is 0.190. The molecule has 4 rings (SSSR count). The smallest absolute Gasteiger partial charge is 0.343 e. The number of aliphatic hydroxyl groups excluding tert-OH is 1. The van der Waals surface area contributed by atoms with Crippen molar-refractivity contribution in [3.63, 3.8) is 0 Å². The number of ether oxygens (including phenoxy) is 2. The van der Waals surface area contributed by atoms with Gasteiger partial charge in [0.25, 0.3) is 0 Å². The Bertz CT molecular complexity index is 1410. The normalized spacial score (nSPS) is 21.7. The maximum Gasteiger partial charge on any atom is 0.343 e. The summed E-state index contributed by atoms with van der Waals surface area (Å²) in [6.07, 6.45) is 6.56. The van der Waals surface area contributed by atoms with E-state index in [1.807, 2.05) is 19.1 Å². The van der Waals surface area contributed by atoms with Crippen molar-refractivity contribution in [2.75, 3.05) is 38.8 Å². The van der Waals surface area contributed by atoms with Gasteiger partial charge in [0.05, 0.1) is 31.9 Å². The highest BCUT2D eigenvalue weighted by Crippen LogP contribution is 2.43. The number of halogens is 1. The van der Waals surface area contributed by atoms with Gasteiger partial charge in [-0.3, -0.25) is 4.79 Å².